The highest BCUT2D eigenvalue weighted by Gasteiger charge is 2.76. The number of ether oxygens (including phenoxy) is 2. The molecule has 170 valence electrons. The molecular weight excluding hydrogens is 508 g/mol. The van der Waals surface area contributed by atoms with Gasteiger partial charge in [0.1, 0.15) is 0 Å². The number of alkyl halides is 2. The summed E-state index contributed by atoms with van der Waals surface area (Å²) >= 11 is 8.57. The summed E-state index contributed by atoms with van der Waals surface area (Å²) in [6.07, 6.45) is 11.1. The second-order valence-corrected chi connectivity index (χ2v) is 13.6. The molecule has 0 aromatic carbocycles. The van der Waals surface area contributed by atoms with E-state index in [4.69, 9.17) is 9.47 Å². The lowest BCUT2D eigenvalue weighted by Crippen LogP contribution is -2.77. The molecule has 7 unspecified atom stereocenters. The first-order chi connectivity index (χ1) is 14.2. The van der Waals surface area contributed by atoms with Crippen LogP contribution in [0.25, 0.3) is 0 Å². The molecule has 2 heterocycles. The second-order valence-electron chi connectivity index (χ2n) is 11.7. The summed E-state index contributed by atoms with van der Waals surface area (Å²) in [6, 6.07) is 0. The van der Waals surface area contributed by atoms with Gasteiger partial charge in [-0.15, -0.1) is 0 Å². The maximum atomic E-state index is 11.8. The first-order valence-electron chi connectivity index (χ1n) is 12.2. The third-order valence-corrected chi connectivity index (χ3v) is 14.4. The molecule has 1 spiro atoms. The fraction of sp³-hybridized carbons (Fsp3) is 0.960. The van der Waals surface area contributed by atoms with Crippen molar-refractivity contribution in [1.82, 2.24) is 0 Å². The topological polar surface area (TPSA) is 35.5 Å². The molecule has 11 atom stereocenters. The van der Waals surface area contributed by atoms with Gasteiger partial charge in [-0.1, -0.05) is 52.6 Å². The molecule has 3 nitrogen and oxygen atoms in total. The largest absolute Gasteiger partial charge is 0.469 e. The van der Waals surface area contributed by atoms with E-state index in [9.17, 15) is 4.79 Å². The first kappa shape index (κ1) is 22.2. The summed E-state index contributed by atoms with van der Waals surface area (Å²) in [7, 11) is 1.50. The van der Waals surface area contributed by atoms with Gasteiger partial charge in [0.05, 0.1) is 23.6 Å². The quantitative estimate of drug-likeness (QED) is 0.298. The minimum Gasteiger partial charge on any atom is -0.469 e. The van der Waals surface area contributed by atoms with Crippen molar-refractivity contribution in [1.29, 1.82) is 0 Å². The second kappa shape index (κ2) is 7.45. The number of fused-ring (bicyclic) bond motifs is 3. The molecule has 0 radical (unpaired) electrons. The van der Waals surface area contributed by atoms with E-state index in [1.165, 1.54) is 52.1 Å². The van der Waals surface area contributed by atoms with Gasteiger partial charge in [-0.3, -0.25) is 4.79 Å². The van der Waals surface area contributed by atoms with Gasteiger partial charge in [0, 0.05) is 16.7 Å². The van der Waals surface area contributed by atoms with Gasteiger partial charge in [-0.25, -0.2) is 0 Å². The lowest BCUT2D eigenvalue weighted by Gasteiger charge is -2.74. The van der Waals surface area contributed by atoms with Crippen LogP contribution in [-0.4, -0.2) is 34.4 Å². The van der Waals surface area contributed by atoms with Crippen LogP contribution in [0.5, 0.6) is 0 Å². The van der Waals surface area contributed by atoms with Crippen LogP contribution in [0, 0.1) is 40.4 Å². The number of hydrogen-bond donors (Lipinski definition) is 0. The molecule has 4 aliphatic carbocycles. The van der Waals surface area contributed by atoms with Crippen molar-refractivity contribution in [2.45, 2.75) is 99.9 Å². The van der Waals surface area contributed by atoms with Gasteiger partial charge in [-0.05, 0) is 86.4 Å². The van der Waals surface area contributed by atoms with E-state index in [0.29, 0.717) is 51.3 Å². The van der Waals surface area contributed by atoms with E-state index in [2.05, 4.69) is 52.6 Å². The van der Waals surface area contributed by atoms with Gasteiger partial charge >= 0.3 is 5.97 Å². The smallest absolute Gasteiger partial charge is 0.305 e. The van der Waals surface area contributed by atoms with Gasteiger partial charge in [-0.2, -0.15) is 0 Å². The first-order valence-corrected chi connectivity index (χ1v) is 14.1. The minimum absolute atomic E-state index is 0.0143. The van der Waals surface area contributed by atoms with Crippen LogP contribution in [0.4, 0.5) is 0 Å². The predicted octanol–water partition coefficient (Wildman–Crippen LogP) is 6.50. The van der Waals surface area contributed by atoms with Crippen molar-refractivity contribution < 1.29 is 14.3 Å². The zero-order valence-electron chi connectivity index (χ0n) is 19.0. The molecule has 6 rings (SSSR count). The molecular formula is C25H38Br2O3. The van der Waals surface area contributed by atoms with Crippen LogP contribution < -0.4 is 0 Å². The van der Waals surface area contributed by atoms with Crippen molar-refractivity contribution in [2.75, 3.05) is 7.11 Å². The number of halogens is 2. The number of carbonyl (C=O) groups is 1. The summed E-state index contributed by atoms with van der Waals surface area (Å²) in [6.45, 7) is 7.49. The number of esters is 1. The summed E-state index contributed by atoms with van der Waals surface area (Å²) in [5.74, 6) is 3.29. The number of carbonyl (C=O) groups excluding carboxylic acids is 1. The third-order valence-electron chi connectivity index (χ3n) is 10.9. The van der Waals surface area contributed by atoms with E-state index in [-0.39, 0.29) is 17.0 Å². The Balaban J connectivity index is 1.48. The normalized spacial score (nSPS) is 54.9. The monoisotopic (exact) mass is 544 g/mol. The number of rotatable bonds is 4. The fourth-order valence-corrected chi connectivity index (χ4v) is 12.0. The molecule has 0 aromatic rings. The van der Waals surface area contributed by atoms with Gasteiger partial charge in [0.2, 0.25) is 0 Å². The standard InChI is InChI=1S/C25H38Br2O3/c1-14(5-10-20(28)29-4)17-8-9-18-19-7-6-15-13-16-11-12-23(15,2)25(19,30-16)22(27)21(26)24(17,18)3/h14-19,21-22H,5-13H2,1-4H3/t14?,15?,16-,17?,18?,19?,21?,22?,23+,24-,25+/m1/s1. The summed E-state index contributed by atoms with van der Waals surface area (Å²) in [5, 5.41) is 0. The molecule has 6 aliphatic rings. The van der Waals surface area contributed by atoms with E-state index >= 15 is 0 Å². The molecule has 2 saturated heterocycles. The van der Waals surface area contributed by atoms with E-state index in [1.54, 1.807) is 0 Å². The zero-order chi connectivity index (χ0) is 21.5. The average Bonchev–Trinajstić information content (AvgIpc) is 3.08. The molecule has 0 aromatic heterocycles. The Kier molecular flexibility index (Phi) is 5.51. The maximum Gasteiger partial charge on any atom is 0.305 e. The zero-order valence-corrected chi connectivity index (χ0v) is 22.1. The number of hydrogen-bond acceptors (Lipinski definition) is 3. The highest BCUT2D eigenvalue weighted by molar-refractivity contribution is 9.12. The van der Waals surface area contributed by atoms with Gasteiger partial charge in [0.25, 0.3) is 0 Å². The molecule has 30 heavy (non-hydrogen) atoms. The maximum absolute atomic E-state index is 11.8. The Hall–Kier alpha value is 0.390. The van der Waals surface area contributed by atoms with Crippen LogP contribution in [0.2, 0.25) is 0 Å². The van der Waals surface area contributed by atoms with Crippen LogP contribution in [0.1, 0.15) is 78.6 Å². The van der Waals surface area contributed by atoms with Gasteiger partial charge < -0.3 is 9.47 Å². The van der Waals surface area contributed by atoms with Gasteiger partial charge in [0.15, 0.2) is 0 Å². The van der Waals surface area contributed by atoms with E-state index in [0.717, 1.165) is 12.3 Å². The highest BCUT2D eigenvalue weighted by atomic mass is 79.9. The SMILES string of the molecule is COC(=O)CCC(C)C1CCC2C3CCC4C[C@H]5CC[C@]4(C)[C@@]3(O5)C(Br)C(Br)[C@]12C. The van der Waals surface area contributed by atoms with Crippen LogP contribution in [0.15, 0.2) is 0 Å². The van der Waals surface area contributed by atoms with Crippen molar-refractivity contribution in [3.63, 3.8) is 0 Å². The Bertz CT molecular complexity index is 715. The lowest BCUT2D eigenvalue weighted by atomic mass is 9.40. The molecule has 2 aliphatic heterocycles. The van der Waals surface area contributed by atoms with E-state index < -0.39 is 0 Å². The van der Waals surface area contributed by atoms with Crippen molar-refractivity contribution >= 4 is 37.8 Å². The number of methoxy groups -OCH3 is 1. The molecule has 5 heteroatoms. The van der Waals surface area contributed by atoms with Crippen LogP contribution in [-0.2, 0) is 14.3 Å². The van der Waals surface area contributed by atoms with Crippen molar-refractivity contribution in [3.05, 3.63) is 0 Å². The summed E-state index contributed by atoms with van der Waals surface area (Å²) < 4.78 is 12.1. The highest BCUT2D eigenvalue weighted by Crippen LogP contribution is 2.75. The van der Waals surface area contributed by atoms with Crippen molar-refractivity contribution in [2.24, 2.45) is 40.4 Å². The predicted molar refractivity (Wildman–Crippen MR) is 126 cm³/mol. The minimum atomic E-state index is -0.0733. The fourth-order valence-electron chi connectivity index (χ4n) is 9.40. The Morgan fingerprint density at radius 3 is 2.57 bits per heavy atom. The van der Waals surface area contributed by atoms with Crippen LogP contribution >= 0.6 is 31.9 Å². The Labute approximate surface area is 199 Å². The molecule has 4 saturated carbocycles. The Morgan fingerprint density at radius 2 is 1.83 bits per heavy atom. The van der Waals surface area contributed by atoms with Crippen molar-refractivity contribution in [3.8, 4) is 0 Å². The molecule has 6 fully saturated rings. The van der Waals surface area contributed by atoms with Crippen LogP contribution in [0.3, 0.4) is 0 Å². The lowest BCUT2D eigenvalue weighted by molar-refractivity contribution is -0.325. The molecule has 0 amide bonds. The average molecular weight is 546 g/mol. The molecule has 4 bridgehead atoms. The summed E-state index contributed by atoms with van der Waals surface area (Å²) in [4.78, 5) is 12.5. The third kappa shape index (κ3) is 2.67. The Morgan fingerprint density at radius 1 is 1.10 bits per heavy atom. The summed E-state index contributed by atoms with van der Waals surface area (Å²) in [5.41, 5.74) is 0.531. The molecule has 0 N–H and O–H groups in total. The van der Waals surface area contributed by atoms with E-state index in [1.807, 2.05) is 0 Å².